The van der Waals surface area contributed by atoms with Gasteiger partial charge < -0.3 is 10.1 Å². The van der Waals surface area contributed by atoms with E-state index in [1.807, 2.05) is 34.9 Å². The van der Waals surface area contributed by atoms with E-state index < -0.39 is 0 Å². The van der Waals surface area contributed by atoms with Crippen molar-refractivity contribution in [2.75, 3.05) is 26.7 Å². The van der Waals surface area contributed by atoms with E-state index in [1.165, 1.54) is 5.56 Å². The SMILES string of the molecule is CNC(=O)Cn1c(=O)n(C2CCN(C3CCOc4ccccc43)CC2)c2ccccc21. The van der Waals surface area contributed by atoms with Gasteiger partial charge in [0.15, 0.2) is 0 Å². The quantitative estimate of drug-likeness (QED) is 0.705. The second-order valence-electron chi connectivity index (χ2n) is 8.36. The third-order valence-corrected chi connectivity index (χ3v) is 6.68. The van der Waals surface area contributed by atoms with Gasteiger partial charge in [-0.15, -0.1) is 0 Å². The Morgan fingerprint density at radius 2 is 1.74 bits per heavy atom. The van der Waals surface area contributed by atoms with Crippen molar-refractivity contribution in [2.24, 2.45) is 0 Å². The molecule has 1 fully saturated rings. The zero-order valence-electron chi connectivity index (χ0n) is 17.8. The molecule has 1 amide bonds. The van der Waals surface area contributed by atoms with Crippen LogP contribution in [0.25, 0.3) is 11.0 Å². The van der Waals surface area contributed by atoms with Gasteiger partial charge in [-0.2, -0.15) is 0 Å². The summed E-state index contributed by atoms with van der Waals surface area (Å²) in [6, 6.07) is 16.6. The number of hydrogen-bond donors (Lipinski definition) is 1. The number of aromatic nitrogens is 2. The number of hydrogen-bond acceptors (Lipinski definition) is 4. The maximum atomic E-state index is 13.3. The van der Waals surface area contributed by atoms with Gasteiger partial charge in [-0.3, -0.25) is 18.8 Å². The smallest absolute Gasteiger partial charge is 0.329 e. The standard InChI is InChI=1S/C24H28N4O3/c1-25-23(29)16-27-20-7-3-4-8-21(20)28(24(27)30)17-10-13-26(14-11-17)19-12-15-31-22-9-5-2-6-18(19)22/h2-9,17,19H,10-16H2,1H3,(H,25,29). The maximum Gasteiger partial charge on any atom is 0.329 e. The summed E-state index contributed by atoms with van der Waals surface area (Å²) in [7, 11) is 1.59. The van der Waals surface area contributed by atoms with Crippen molar-refractivity contribution in [2.45, 2.75) is 37.9 Å². The molecule has 0 spiro atoms. The first-order valence-electron chi connectivity index (χ1n) is 11.0. The summed E-state index contributed by atoms with van der Waals surface area (Å²) < 4.78 is 9.34. The summed E-state index contributed by atoms with van der Waals surface area (Å²) in [6.07, 6.45) is 2.81. The van der Waals surface area contributed by atoms with Crippen molar-refractivity contribution in [3.05, 3.63) is 64.6 Å². The minimum atomic E-state index is -0.169. The Balaban J connectivity index is 1.40. The predicted octanol–water partition coefficient (Wildman–Crippen LogP) is 2.71. The number of amides is 1. The topological polar surface area (TPSA) is 68.5 Å². The Labute approximate surface area is 181 Å². The fourth-order valence-electron chi connectivity index (χ4n) is 5.12. The van der Waals surface area contributed by atoms with Crippen molar-refractivity contribution in [3.8, 4) is 5.75 Å². The highest BCUT2D eigenvalue weighted by atomic mass is 16.5. The lowest BCUT2D eigenvalue weighted by Gasteiger charge is -2.40. The number of nitrogens with zero attached hydrogens (tertiary/aromatic N) is 3. The Morgan fingerprint density at radius 1 is 1.03 bits per heavy atom. The molecule has 2 aliphatic rings. The van der Waals surface area contributed by atoms with Gasteiger partial charge in [0.25, 0.3) is 0 Å². The van der Waals surface area contributed by atoms with Crippen molar-refractivity contribution < 1.29 is 9.53 Å². The number of carbonyl (C=O) groups excluding carboxylic acids is 1. The number of fused-ring (bicyclic) bond motifs is 2. The fourth-order valence-corrected chi connectivity index (χ4v) is 5.12. The molecule has 31 heavy (non-hydrogen) atoms. The summed E-state index contributed by atoms with van der Waals surface area (Å²) in [5.41, 5.74) is 2.90. The highest BCUT2D eigenvalue weighted by Gasteiger charge is 2.32. The van der Waals surface area contributed by atoms with Crippen LogP contribution in [-0.4, -0.2) is 46.7 Å². The van der Waals surface area contributed by atoms with Gasteiger partial charge in [-0.05, 0) is 31.0 Å². The van der Waals surface area contributed by atoms with Crippen LogP contribution in [0.3, 0.4) is 0 Å². The van der Waals surface area contributed by atoms with Crippen LogP contribution in [0.2, 0.25) is 0 Å². The number of benzene rings is 2. The minimum absolute atomic E-state index is 0.0422. The van der Waals surface area contributed by atoms with Crippen molar-refractivity contribution in [1.82, 2.24) is 19.4 Å². The zero-order chi connectivity index (χ0) is 21.4. The maximum absolute atomic E-state index is 13.3. The summed E-state index contributed by atoms with van der Waals surface area (Å²) in [6.45, 7) is 2.66. The second kappa shape index (κ2) is 8.23. The average molecular weight is 421 g/mol. The molecule has 162 valence electrons. The normalized spacial score (nSPS) is 19.7. The predicted molar refractivity (Wildman–Crippen MR) is 119 cm³/mol. The number of likely N-dealkylation sites (N-methyl/N-ethyl adjacent to an activating group) is 1. The molecule has 0 aliphatic carbocycles. The van der Waals surface area contributed by atoms with Crippen molar-refractivity contribution in [3.63, 3.8) is 0 Å². The number of imidazole rings is 1. The molecular formula is C24H28N4O3. The molecule has 3 heterocycles. The molecule has 1 saturated heterocycles. The molecule has 7 nitrogen and oxygen atoms in total. The van der Waals surface area contributed by atoms with Gasteiger partial charge in [0, 0.05) is 44.2 Å². The molecule has 3 aromatic rings. The van der Waals surface area contributed by atoms with Gasteiger partial charge in [-0.1, -0.05) is 30.3 Å². The highest BCUT2D eigenvalue weighted by molar-refractivity contribution is 5.80. The van der Waals surface area contributed by atoms with Crippen LogP contribution < -0.4 is 15.7 Å². The van der Waals surface area contributed by atoms with E-state index in [0.29, 0.717) is 6.04 Å². The third-order valence-electron chi connectivity index (χ3n) is 6.68. The zero-order valence-corrected chi connectivity index (χ0v) is 17.8. The molecule has 0 bridgehead atoms. The molecule has 2 aliphatic heterocycles. The number of likely N-dealkylation sites (tertiary alicyclic amines) is 1. The summed E-state index contributed by atoms with van der Waals surface area (Å²) in [5.74, 6) is 0.826. The lowest BCUT2D eigenvalue weighted by molar-refractivity contribution is -0.121. The third kappa shape index (κ3) is 3.53. The van der Waals surface area contributed by atoms with Crippen LogP contribution in [0.1, 0.15) is 36.9 Å². The Morgan fingerprint density at radius 3 is 2.52 bits per heavy atom. The molecule has 5 rings (SSSR count). The van der Waals surface area contributed by atoms with E-state index in [4.69, 9.17) is 4.74 Å². The largest absolute Gasteiger partial charge is 0.493 e. The molecule has 1 N–H and O–H groups in total. The Kier molecular flexibility index (Phi) is 5.28. The Bertz CT molecular complexity index is 1160. The molecular weight excluding hydrogens is 392 g/mol. The first kappa shape index (κ1) is 19.9. The van der Waals surface area contributed by atoms with Crippen LogP contribution in [-0.2, 0) is 11.3 Å². The lowest BCUT2D eigenvalue weighted by atomic mass is 9.95. The van der Waals surface area contributed by atoms with E-state index in [1.54, 1.807) is 11.6 Å². The first-order chi connectivity index (χ1) is 15.2. The van der Waals surface area contributed by atoms with Gasteiger partial charge in [0.05, 0.1) is 17.6 Å². The molecule has 1 unspecified atom stereocenters. The number of carbonyl (C=O) groups is 1. The summed E-state index contributed by atoms with van der Waals surface area (Å²) in [5, 5.41) is 2.62. The molecule has 2 aromatic carbocycles. The van der Waals surface area contributed by atoms with Gasteiger partial charge in [-0.25, -0.2) is 4.79 Å². The van der Waals surface area contributed by atoms with E-state index >= 15 is 0 Å². The first-order valence-corrected chi connectivity index (χ1v) is 11.0. The van der Waals surface area contributed by atoms with Crippen LogP contribution in [0, 0.1) is 0 Å². The molecule has 0 saturated carbocycles. The van der Waals surface area contributed by atoms with Crippen LogP contribution >= 0.6 is 0 Å². The fraction of sp³-hybridized carbons (Fsp3) is 0.417. The van der Waals surface area contributed by atoms with E-state index in [0.717, 1.165) is 55.7 Å². The average Bonchev–Trinajstić information content (AvgIpc) is 3.10. The lowest BCUT2D eigenvalue weighted by Crippen LogP contribution is -2.41. The minimum Gasteiger partial charge on any atom is -0.493 e. The Hall–Kier alpha value is -3.06. The molecule has 1 atom stereocenters. The highest BCUT2D eigenvalue weighted by Crippen LogP contribution is 2.38. The number of ether oxygens (including phenoxy) is 1. The number of rotatable bonds is 4. The second-order valence-corrected chi connectivity index (χ2v) is 8.36. The molecule has 7 heteroatoms. The van der Waals surface area contributed by atoms with Crippen molar-refractivity contribution in [1.29, 1.82) is 0 Å². The van der Waals surface area contributed by atoms with E-state index in [2.05, 4.69) is 28.4 Å². The van der Waals surface area contributed by atoms with Gasteiger partial charge in [0.2, 0.25) is 5.91 Å². The van der Waals surface area contributed by atoms with Crippen molar-refractivity contribution >= 4 is 16.9 Å². The number of para-hydroxylation sites is 3. The van der Waals surface area contributed by atoms with Gasteiger partial charge >= 0.3 is 5.69 Å². The number of piperidine rings is 1. The van der Waals surface area contributed by atoms with Crippen LogP contribution in [0.4, 0.5) is 0 Å². The van der Waals surface area contributed by atoms with Crippen LogP contribution in [0.5, 0.6) is 5.75 Å². The van der Waals surface area contributed by atoms with E-state index in [-0.39, 0.29) is 24.2 Å². The monoisotopic (exact) mass is 420 g/mol. The molecule has 1 aromatic heterocycles. The van der Waals surface area contributed by atoms with E-state index in [9.17, 15) is 9.59 Å². The summed E-state index contributed by atoms with van der Waals surface area (Å²) >= 11 is 0. The van der Waals surface area contributed by atoms with Crippen LogP contribution in [0.15, 0.2) is 53.3 Å². The molecule has 0 radical (unpaired) electrons. The number of nitrogens with one attached hydrogen (secondary N) is 1. The van der Waals surface area contributed by atoms with Gasteiger partial charge in [0.1, 0.15) is 12.3 Å². The summed E-state index contributed by atoms with van der Waals surface area (Å²) in [4.78, 5) is 27.8.